The predicted octanol–water partition coefficient (Wildman–Crippen LogP) is 3.07. The van der Waals surface area contributed by atoms with Gasteiger partial charge in [0.1, 0.15) is 0 Å². The van der Waals surface area contributed by atoms with Gasteiger partial charge in [-0.2, -0.15) is 0 Å². The predicted molar refractivity (Wildman–Crippen MR) is 74.4 cm³/mol. The van der Waals surface area contributed by atoms with E-state index < -0.39 is 20.0 Å². The SMILES string of the molecule is C=C(CC(=O)O)C(=O)OCC[Si](CC)(CC)CC. The molecule has 0 aromatic heterocycles. The summed E-state index contributed by atoms with van der Waals surface area (Å²) in [6, 6.07) is 4.51. The molecule has 0 radical (unpaired) electrons. The van der Waals surface area contributed by atoms with E-state index in [0.717, 1.165) is 6.04 Å². The number of aliphatic carboxylic acids is 1. The van der Waals surface area contributed by atoms with Crippen molar-refractivity contribution in [3.63, 3.8) is 0 Å². The highest BCUT2D eigenvalue weighted by atomic mass is 28.3. The normalized spacial score (nSPS) is 11.1. The minimum atomic E-state index is -1.27. The minimum Gasteiger partial charge on any atom is -0.481 e. The van der Waals surface area contributed by atoms with Crippen molar-refractivity contribution in [2.24, 2.45) is 0 Å². The van der Waals surface area contributed by atoms with Gasteiger partial charge in [0.15, 0.2) is 0 Å². The molecule has 0 fully saturated rings. The lowest BCUT2D eigenvalue weighted by molar-refractivity contribution is -0.142. The molecule has 0 aromatic carbocycles. The van der Waals surface area contributed by atoms with E-state index >= 15 is 0 Å². The highest BCUT2D eigenvalue weighted by Crippen LogP contribution is 2.24. The molecule has 0 saturated heterocycles. The number of carboxylic acid groups (broad SMARTS) is 1. The Kier molecular flexibility index (Phi) is 7.58. The summed E-state index contributed by atoms with van der Waals surface area (Å²) in [4.78, 5) is 21.9. The fourth-order valence-electron chi connectivity index (χ4n) is 2.00. The molecular weight excluding hydrogens is 248 g/mol. The van der Waals surface area contributed by atoms with E-state index in [1.165, 1.54) is 18.1 Å². The first-order chi connectivity index (χ1) is 8.40. The van der Waals surface area contributed by atoms with Gasteiger partial charge in [-0.25, -0.2) is 4.79 Å². The van der Waals surface area contributed by atoms with Gasteiger partial charge in [0.05, 0.1) is 21.1 Å². The van der Waals surface area contributed by atoms with Crippen LogP contribution in [0.25, 0.3) is 0 Å². The fraction of sp³-hybridized carbons (Fsp3) is 0.692. The van der Waals surface area contributed by atoms with Crippen molar-refractivity contribution in [3.05, 3.63) is 12.2 Å². The minimum absolute atomic E-state index is 0.0132. The maximum absolute atomic E-state index is 11.5. The Balaban J connectivity index is 4.14. The summed E-state index contributed by atoms with van der Waals surface area (Å²) in [5.41, 5.74) is 0.0132. The van der Waals surface area contributed by atoms with E-state index in [-0.39, 0.29) is 12.0 Å². The Morgan fingerprint density at radius 3 is 2.06 bits per heavy atom. The third kappa shape index (κ3) is 5.49. The lowest BCUT2D eigenvalue weighted by Crippen LogP contribution is -2.33. The Morgan fingerprint density at radius 2 is 1.67 bits per heavy atom. The highest BCUT2D eigenvalue weighted by Gasteiger charge is 2.26. The third-order valence-corrected chi connectivity index (χ3v) is 9.53. The van der Waals surface area contributed by atoms with Crippen LogP contribution in [0.1, 0.15) is 27.2 Å². The topological polar surface area (TPSA) is 63.6 Å². The van der Waals surface area contributed by atoms with Gasteiger partial charge in [-0.1, -0.05) is 45.5 Å². The van der Waals surface area contributed by atoms with E-state index in [1.807, 2.05) is 0 Å². The van der Waals surface area contributed by atoms with Gasteiger partial charge in [-0.3, -0.25) is 4.79 Å². The summed E-state index contributed by atoms with van der Waals surface area (Å²) in [7, 11) is -1.27. The molecule has 1 N–H and O–H groups in total. The smallest absolute Gasteiger partial charge is 0.333 e. The van der Waals surface area contributed by atoms with Gasteiger partial charge in [-0.15, -0.1) is 0 Å². The van der Waals surface area contributed by atoms with Crippen molar-refractivity contribution >= 4 is 20.0 Å². The Hall–Kier alpha value is -1.10. The lowest BCUT2D eigenvalue weighted by Gasteiger charge is -2.27. The summed E-state index contributed by atoms with van der Waals surface area (Å²) >= 11 is 0. The second-order valence-electron chi connectivity index (χ2n) is 4.62. The highest BCUT2D eigenvalue weighted by molar-refractivity contribution is 6.79. The summed E-state index contributed by atoms with van der Waals surface area (Å²) in [5, 5.41) is 8.54. The van der Waals surface area contributed by atoms with Crippen LogP contribution in [-0.4, -0.2) is 31.7 Å². The molecule has 0 heterocycles. The standard InChI is InChI=1S/C13H24O4Si/c1-5-18(6-2,7-3)9-8-17-13(16)11(4)10-12(14)15/h4-10H2,1-3H3,(H,14,15). The third-order valence-electron chi connectivity index (χ3n) is 3.77. The number of ether oxygens (including phenoxy) is 1. The molecule has 0 aliphatic rings. The molecule has 0 bridgehead atoms. The quantitative estimate of drug-likeness (QED) is 0.398. The van der Waals surface area contributed by atoms with Crippen molar-refractivity contribution in [3.8, 4) is 0 Å². The number of carboxylic acids is 1. The molecule has 0 amide bonds. The zero-order valence-electron chi connectivity index (χ0n) is 11.6. The number of esters is 1. The second-order valence-corrected chi connectivity index (χ2v) is 10.2. The van der Waals surface area contributed by atoms with Crippen molar-refractivity contribution in [1.29, 1.82) is 0 Å². The zero-order valence-corrected chi connectivity index (χ0v) is 12.6. The van der Waals surface area contributed by atoms with E-state index in [2.05, 4.69) is 27.4 Å². The van der Waals surface area contributed by atoms with E-state index in [1.54, 1.807) is 0 Å². The molecule has 0 saturated carbocycles. The van der Waals surface area contributed by atoms with E-state index in [0.29, 0.717) is 6.61 Å². The summed E-state index contributed by atoms with van der Waals surface area (Å²) < 4.78 is 5.10. The first-order valence-electron chi connectivity index (χ1n) is 6.47. The van der Waals surface area contributed by atoms with Crippen LogP contribution in [0.3, 0.4) is 0 Å². The molecule has 4 nitrogen and oxygen atoms in total. The lowest BCUT2D eigenvalue weighted by atomic mass is 10.2. The molecule has 18 heavy (non-hydrogen) atoms. The summed E-state index contributed by atoms with van der Waals surface area (Å²) in [6.07, 6.45) is -0.350. The monoisotopic (exact) mass is 272 g/mol. The van der Waals surface area contributed by atoms with E-state index in [9.17, 15) is 9.59 Å². The first kappa shape index (κ1) is 16.9. The van der Waals surface area contributed by atoms with Gasteiger partial charge in [0.2, 0.25) is 0 Å². The Morgan fingerprint density at radius 1 is 1.17 bits per heavy atom. The molecule has 0 aliphatic carbocycles. The largest absolute Gasteiger partial charge is 0.481 e. The van der Waals surface area contributed by atoms with Gasteiger partial charge >= 0.3 is 11.9 Å². The molecule has 0 aromatic rings. The van der Waals surface area contributed by atoms with Crippen LogP contribution in [0.4, 0.5) is 0 Å². The number of hydrogen-bond acceptors (Lipinski definition) is 3. The van der Waals surface area contributed by atoms with Crippen LogP contribution in [0.15, 0.2) is 12.2 Å². The van der Waals surface area contributed by atoms with Crippen LogP contribution in [0, 0.1) is 0 Å². The second kappa shape index (κ2) is 8.08. The van der Waals surface area contributed by atoms with Gasteiger partial charge < -0.3 is 9.84 Å². The van der Waals surface area contributed by atoms with Crippen molar-refractivity contribution in [2.75, 3.05) is 6.61 Å². The zero-order chi connectivity index (χ0) is 14.2. The first-order valence-corrected chi connectivity index (χ1v) is 9.30. The molecule has 0 atom stereocenters. The number of carbonyl (C=O) groups excluding carboxylic acids is 1. The average molecular weight is 272 g/mol. The molecule has 0 aliphatic heterocycles. The number of hydrogen-bond donors (Lipinski definition) is 1. The van der Waals surface area contributed by atoms with E-state index in [4.69, 9.17) is 9.84 Å². The average Bonchev–Trinajstić information content (AvgIpc) is 2.34. The summed E-state index contributed by atoms with van der Waals surface area (Å²) in [5.74, 6) is -1.64. The van der Waals surface area contributed by atoms with Gasteiger partial charge in [0, 0.05) is 5.57 Å². The molecular formula is C13H24O4Si. The maximum Gasteiger partial charge on any atom is 0.333 e. The molecule has 104 valence electrons. The van der Waals surface area contributed by atoms with Crippen molar-refractivity contribution in [2.45, 2.75) is 51.4 Å². The summed E-state index contributed by atoms with van der Waals surface area (Å²) in [6.45, 7) is 10.4. The van der Waals surface area contributed by atoms with Crippen LogP contribution >= 0.6 is 0 Å². The molecule has 0 unspecified atom stereocenters. The van der Waals surface area contributed by atoms with Crippen molar-refractivity contribution < 1.29 is 19.4 Å². The fourth-order valence-corrected chi connectivity index (χ4v) is 5.09. The van der Waals surface area contributed by atoms with Crippen molar-refractivity contribution in [1.82, 2.24) is 0 Å². The van der Waals surface area contributed by atoms with Crippen LogP contribution < -0.4 is 0 Å². The van der Waals surface area contributed by atoms with Crippen LogP contribution in [0.5, 0.6) is 0 Å². The maximum atomic E-state index is 11.5. The molecule has 5 heteroatoms. The molecule has 0 spiro atoms. The Bertz CT molecular complexity index is 300. The van der Waals surface area contributed by atoms with Gasteiger partial charge in [0.25, 0.3) is 0 Å². The Labute approximate surface area is 110 Å². The van der Waals surface area contributed by atoms with Gasteiger partial charge in [-0.05, 0) is 6.04 Å². The number of carbonyl (C=O) groups is 2. The van der Waals surface area contributed by atoms with Crippen LogP contribution in [-0.2, 0) is 14.3 Å². The van der Waals surface area contributed by atoms with Crippen LogP contribution in [0.2, 0.25) is 24.2 Å². The molecule has 0 rings (SSSR count). The number of rotatable bonds is 9.